The van der Waals surface area contributed by atoms with E-state index in [2.05, 4.69) is 31.4 Å². The fourth-order valence-corrected chi connectivity index (χ4v) is 6.26. The molecular formula is C26H36N4O5. The lowest BCUT2D eigenvalue weighted by atomic mass is 9.64. The maximum Gasteiger partial charge on any atom is 0.325 e. The highest BCUT2D eigenvalue weighted by molar-refractivity contribution is 6.09. The topological polar surface area (TPSA) is 108 Å². The first kappa shape index (κ1) is 25.0. The number of carbonyl (C=O) groups excluding carboxylic acids is 4. The van der Waals surface area contributed by atoms with Gasteiger partial charge in [0, 0.05) is 19.0 Å². The summed E-state index contributed by atoms with van der Waals surface area (Å²) >= 11 is 0. The van der Waals surface area contributed by atoms with Crippen molar-refractivity contribution in [2.75, 3.05) is 32.1 Å². The standard InChI is InChI=1S/C26H36N4O5/c1-17-13-25(2,3)16-26(14-17)23(33)30(24(34)28-26)15-21(31)29-11-9-18(10-12-29)22(32)27-19-7-5-6-8-20(19)35-4/h5-8,17-18H,9-16H2,1-4H3,(H,27,32)(H,28,34). The normalized spacial score (nSPS) is 26.6. The molecule has 0 bridgehead atoms. The van der Waals surface area contributed by atoms with Gasteiger partial charge in [0.25, 0.3) is 5.91 Å². The SMILES string of the molecule is COc1ccccc1NC(=O)C1CCN(C(=O)CN2C(=O)NC3(CC(C)CC(C)(C)C3)C2=O)CC1. The summed E-state index contributed by atoms with van der Waals surface area (Å²) in [4.78, 5) is 54.5. The average Bonchev–Trinajstić information content (AvgIpc) is 3.01. The summed E-state index contributed by atoms with van der Waals surface area (Å²) in [6, 6.07) is 6.75. The Labute approximate surface area is 206 Å². The van der Waals surface area contributed by atoms with Crippen molar-refractivity contribution < 1.29 is 23.9 Å². The van der Waals surface area contributed by atoms with Crippen LogP contribution in [0.25, 0.3) is 0 Å². The lowest BCUT2D eigenvalue weighted by Crippen LogP contribution is -2.54. The molecule has 1 aromatic carbocycles. The van der Waals surface area contributed by atoms with Gasteiger partial charge < -0.3 is 20.3 Å². The molecule has 190 valence electrons. The number of imide groups is 1. The first-order valence-electron chi connectivity index (χ1n) is 12.4. The molecule has 2 saturated heterocycles. The molecule has 35 heavy (non-hydrogen) atoms. The summed E-state index contributed by atoms with van der Waals surface area (Å²) < 4.78 is 5.29. The van der Waals surface area contributed by atoms with Crippen molar-refractivity contribution in [3.05, 3.63) is 24.3 Å². The minimum absolute atomic E-state index is 0.0627. The van der Waals surface area contributed by atoms with Crippen LogP contribution < -0.4 is 15.4 Å². The predicted octanol–water partition coefficient (Wildman–Crippen LogP) is 3.01. The van der Waals surface area contributed by atoms with E-state index in [0.29, 0.717) is 56.1 Å². The van der Waals surface area contributed by atoms with Gasteiger partial charge in [0.2, 0.25) is 11.8 Å². The molecule has 9 nitrogen and oxygen atoms in total. The van der Waals surface area contributed by atoms with Crippen molar-refractivity contribution in [3.63, 3.8) is 0 Å². The number of hydrogen-bond donors (Lipinski definition) is 2. The monoisotopic (exact) mass is 484 g/mol. The van der Waals surface area contributed by atoms with Crippen LogP contribution in [0.2, 0.25) is 0 Å². The third kappa shape index (κ3) is 5.13. The van der Waals surface area contributed by atoms with E-state index in [4.69, 9.17) is 4.74 Å². The maximum absolute atomic E-state index is 13.3. The van der Waals surface area contributed by atoms with Crippen LogP contribution in [0.15, 0.2) is 24.3 Å². The number of nitrogens with one attached hydrogen (secondary N) is 2. The fourth-order valence-electron chi connectivity index (χ4n) is 6.26. The minimum Gasteiger partial charge on any atom is -0.495 e. The van der Waals surface area contributed by atoms with E-state index in [1.54, 1.807) is 24.1 Å². The van der Waals surface area contributed by atoms with Gasteiger partial charge >= 0.3 is 6.03 Å². The minimum atomic E-state index is -0.915. The Morgan fingerprint density at radius 2 is 1.83 bits per heavy atom. The second-order valence-electron chi connectivity index (χ2n) is 11.1. The molecule has 2 atom stereocenters. The molecule has 2 heterocycles. The number of benzene rings is 1. The maximum atomic E-state index is 13.3. The number of piperidine rings is 1. The number of rotatable bonds is 5. The number of nitrogens with zero attached hydrogens (tertiary/aromatic N) is 2. The van der Waals surface area contributed by atoms with E-state index in [-0.39, 0.29) is 35.6 Å². The molecule has 2 unspecified atom stereocenters. The molecule has 1 spiro atoms. The third-order valence-electron chi connectivity index (χ3n) is 7.50. The molecule has 9 heteroatoms. The van der Waals surface area contributed by atoms with Crippen LogP contribution in [0.5, 0.6) is 5.75 Å². The number of anilines is 1. The van der Waals surface area contributed by atoms with Crippen LogP contribution in [0, 0.1) is 17.3 Å². The van der Waals surface area contributed by atoms with Gasteiger partial charge in [-0.3, -0.25) is 19.3 Å². The predicted molar refractivity (Wildman–Crippen MR) is 131 cm³/mol. The van der Waals surface area contributed by atoms with E-state index in [9.17, 15) is 19.2 Å². The number of hydrogen-bond acceptors (Lipinski definition) is 5. The van der Waals surface area contributed by atoms with Gasteiger partial charge in [0.15, 0.2) is 0 Å². The molecule has 3 fully saturated rings. The van der Waals surface area contributed by atoms with Gasteiger partial charge in [-0.15, -0.1) is 0 Å². The highest BCUT2D eigenvalue weighted by atomic mass is 16.5. The Hall–Kier alpha value is -3.10. The molecule has 2 N–H and O–H groups in total. The summed E-state index contributed by atoms with van der Waals surface area (Å²) in [6.07, 6.45) is 3.20. The Kier molecular flexibility index (Phi) is 6.79. The largest absolute Gasteiger partial charge is 0.495 e. The van der Waals surface area contributed by atoms with Crippen LogP contribution in [0.4, 0.5) is 10.5 Å². The van der Waals surface area contributed by atoms with Crippen molar-refractivity contribution in [1.29, 1.82) is 0 Å². The Balaban J connectivity index is 1.32. The van der Waals surface area contributed by atoms with Crippen LogP contribution in [-0.2, 0) is 14.4 Å². The van der Waals surface area contributed by atoms with Crippen molar-refractivity contribution in [3.8, 4) is 5.75 Å². The Morgan fingerprint density at radius 3 is 2.49 bits per heavy atom. The van der Waals surface area contributed by atoms with E-state index < -0.39 is 11.6 Å². The van der Waals surface area contributed by atoms with Gasteiger partial charge in [-0.1, -0.05) is 32.9 Å². The fraction of sp³-hybridized carbons (Fsp3) is 0.615. The molecule has 1 saturated carbocycles. The van der Waals surface area contributed by atoms with Crippen LogP contribution in [0.1, 0.15) is 52.9 Å². The zero-order valence-electron chi connectivity index (χ0n) is 21.1. The summed E-state index contributed by atoms with van der Waals surface area (Å²) in [6.45, 7) is 6.88. The zero-order valence-corrected chi connectivity index (χ0v) is 21.1. The van der Waals surface area contributed by atoms with Gasteiger partial charge in [0.05, 0.1) is 12.8 Å². The van der Waals surface area contributed by atoms with Crippen molar-refractivity contribution >= 4 is 29.4 Å². The second kappa shape index (κ2) is 9.51. The van der Waals surface area contributed by atoms with E-state index in [1.165, 1.54) is 0 Å². The van der Waals surface area contributed by atoms with Crippen LogP contribution in [-0.4, -0.2) is 65.8 Å². The Bertz CT molecular complexity index is 1020. The molecule has 0 aromatic heterocycles. The van der Waals surface area contributed by atoms with Crippen LogP contribution in [0.3, 0.4) is 0 Å². The smallest absolute Gasteiger partial charge is 0.325 e. The van der Waals surface area contributed by atoms with Crippen molar-refractivity contribution in [2.24, 2.45) is 17.3 Å². The summed E-state index contributed by atoms with van der Waals surface area (Å²) in [5, 5.41) is 5.84. The lowest BCUT2D eigenvalue weighted by molar-refractivity contribution is -0.141. The van der Waals surface area contributed by atoms with Crippen LogP contribution >= 0.6 is 0 Å². The number of carbonyl (C=O) groups is 4. The number of likely N-dealkylation sites (tertiary alicyclic amines) is 1. The lowest BCUT2D eigenvalue weighted by Gasteiger charge is -2.43. The summed E-state index contributed by atoms with van der Waals surface area (Å²) in [7, 11) is 1.55. The average molecular weight is 485 g/mol. The molecule has 5 amide bonds. The van der Waals surface area contributed by atoms with Gasteiger partial charge in [-0.25, -0.2) is 4.79 Å². The molecule has 0 radical (unpaired) electrons. The number of para-hydroxylation sites is 2. The number of amides is 5. The zero-order chi connectivity index (χ0) is 25.4. The first-order chi connectivity index (χ1) is 16.5. The second-order valence-corrected chi connectivity index (χ2v) is 11.1. The van der Waals surface area contributed by atoms with Gasteiger partial charge in [-0.2, -0.15) is 0 Å². The first-order valence-corrected chi connectivity index (χ1v) is 12.4. The third-order valence-corrected chi connectivity index (χ3v) is 7.50. The number of ether oxygens (including phenoxy) is 1. The number of urea groups is 1. The summed E-state index contributed by atoms with van der Waals surface area (Å²) in [5.74, 6) is 0.00982. The molecule has 3 aliphatic rings. The molecule has 4 rings (SSSR count). The van der Waals surface area contributed by atoms with E-state index in [0.717, 1.165) is 11.3 Å². The summed E-state index contributed by atoms with van der Waals surface area (Å²) in [5.41, 5.74) is -0.360. The van der Waals surface area contributed by atoms with E-state index >= 15 is 0 Å². The van der Waals surface area contributed by atoms with Crippen molar-refractivity contribution in [1.82, 2.24) is 15.1 Å². The van der Waals surface area contributed by atoms with Gasteiger partial charge in [0.1, 0.15) is 17.8 Å². The van der Waals surface area contributed by atoms with E-state index in [1.807, 2.05) is 12.1 Å². The highest BCUT2D eigenvalue weighted by Crippen LogP contribution is 2.46. The molecule has 1 aliphatic carbocycles. The Morgan fingerprint density at radius 1 is 1.14 bits per heavy atom. The molecular weight excluding hydrogens is 448 g/mol. The molecule has 1 aromatic rings. The number of methoxy groups -OCH3 is 1. The quantitative estimate of drug-likeness (QED) is 0.625. The molecule has 2 aliphatic heterocycles. The van der Waals surface area contributed by atoms with Crippen molar-refractivity contribution in [2.45, 2.75) is 58.4 Å². The van der Waals surface area contributed by atoms with Gasteiger partial charge in [-0.05, 0) is 55.6 Å². The highest BCUT2D eigenvalue weighted by Gasteiger charge is 2.56.